The van der Waals surface area contributed by atoms with Crippen LogP contribution in [0.25, 0.3) is 6.08 Å². The quantitative estimate of drug-likeness (QED) is 0.310. The number of hydrogen-bond donors (Lipinski definition) is 0. The van der Waals surface area contributed by atoms with E-state index in [2.05, 4.69) is 5.16 Å². The van der Waals surface area contributed by atoms with Crippen LogP contribution in [0.4, 0.5) is 0 Å². The van der Waals surface area contributed by atoms with E-state index in [1.54, 1.807) is 24.3 Å². The number of aryl methyl sites for hydroxylation is 2. The van der Waals surface area contributed by atoms with Crippen molar-refractivity contribution < 1.29 is 23.5 Å². The third-order valence-electron chi connectivity index (χ3n) is 3.62. The number of esters is 1. The molecule has 0 radical (unpaired) electrons. The normalized spacial score (nSPS) is 11.1. The van der Waals surface area contributed by atoms with E-state index in [9.17, 15) is 4.79 Å². The molecule has 0 unspecified atom stereocenters. The van der Waals surface area contributed by atoms with Crippen molar-refractivity contribution in [3.63, 3.8) is 0 Å². The number of carbonyl (C=O) groups excluding carboxylic acids is 1. The highest BCUT2D eigenvalue weighted by atomic mass is 16.6. The van der Waals surface area contributed by atoms with Crippen molar-refractivity contribution in [2.45, 2.75) is 20.5 Å². The Hall–Kier alpha value is -3.11. The first kappa shape index (κ1) is 19.2. The predicted molar refractivity (Wildman–Crippen MR) is 93.2 cm³/mol. The minimum absolute atomic E-state index is 0.0782. The molecule has 0 saturated carbocycles. The number of rotatable bonds is 8. The van der Waals surface area contributed by atoms with E-state index < -0.39 is 5.97 Å². The van der Waals surface area contributed by atoms with Crippen LogP contribution in [0, 0.1) is 25.2 Å². The summed E-state index contributed by atoms with van der Waals surface area (Å²) in [6.07, 6.45) is 1.47. The van der Waals surface area contributed by atoms with Crippen molar-refractivity contribution in [1.29, 1.82) is 5.26 Å². The second-order valence-electron chi connectivity index (χ2n) is 5.46. The van der Waals surface area contributed by atoms with Crippen LogP contribution in [0.2, 0.25) is 0 Å². The van der Waals surface area contributed by atoms with Gasteiger partial charge in [0.05, 0.1) is 17.9 Å². The zero-order valence-corrected chi connectivity index (χ0v) is 14.9. The number of ether oxygens (including phenoxy) is 3. The number of carbonyl (C=O) groups is 1. The monoisotopic (exact) mass is 356 g/mol. The number of nitriles is 1. The van der Waals surface area contributed by atoms with Gasteiger partial charge in [0.25, 0.3) is 0 Å². The summed E-state index contributed by atoms with van der Waals surface area (Å²) in [7, 11) is 1.50. The van der Waals surface area contributed by atoms with Gasteiger partial charge in [-0.1, -0.05) is 17.3 Å². The number of methoxy groups -OCH3 is 1. The molecule has 1 heterocycles. The van der Waals surface area contributed by atoms with Gasteiger partial charge >= 0.3 is 5.97 Å². The largest absolute Gasteiger partial charge is 0.489 e. The molecule has 26 heavy (non-hydrogen) atoms. The summed E-state index contributed by atoms with van der Waals surface area (Å²) < 4.78 is 20.6. The molecule has 0 aliphatic rings. The topological polar surface area (TPSA) is 94.6 Å². The first-order valence-electron chi connectivity index (χ1n) is 7.97. The minimum Gasteiger partial charge on any atom is -0.489 e. The molecule has 136 valence electrons. The van der Waals surface area contributed by atoms with Gasteiger partial charge in [0.2, 0.25) is 0 Å². The van der Waals surface area contributed by atoms with Crippen LogP contribution in [0.3, 0.4) is 0 Å². The molecule has 0 atom stereocenters. The molecule has 7 nitrogen and oxygen atoms in total. The van der Waals surface area contributed by atoms with Gasteiger partial charge < -0.3 is 18.7 Å². The van der Waals surface area contributed by atoms with E-state index in [1.165, 1.54) is 13.2 Å². The molecule has 0 aliphatic carbocycles. The fourth-order valence-electron chi connectivity index (χ4n) is 2.12. The Balaban J connectivity index is 1.99. The predicted octanol–water partition coefficient (Wildman–Crippen LogP) is 2.97. The molecule has 0 saturated heterocycles. The van der Waals surface area contributed by atoms with E-state index >= 15 is 0 Å². The molecular weight excluding hydrogens is 336 g/mol. The number of benzene rings is 1. The Morgan fingerprint density at radius 1 is 1.27 bits per heavy atom. The molecule has 0 N–H and O–H groups in total. The van der Waals surface area contributed by atoms with Crippen molar-refractivity contribution in [3.8, 4) is 11.8 Å². The molecule has 2 aromatic rings. The van der Waals surface area contributed by atoms with Gasteiger partial charge in [-0.3, -0.25) is 0 Å². The summed E-state index contributed by atoms with van der Waals surface area (Å²) in [6.45, 7) is 4.43. The lowest BCUT2D eigenvalue weighted by Gasteiger charge is -2.06. The van der Waals surface area contributed by atoms with E-state index in [1.807, 2.05) is 19.9 Å². The van der Waals surface area contributed by atoms with Crippen LogP contribution < -0.4 is 4.74 Å². The van der Waals surface area contributed by atoms with Crippen LogP contribution in [0.5, 0.6) is 5.75 Å². The van der Waals surface area contributed by atoms with Gasteiger partial charge in [-0.05, 0) is 37.6 Å². The zero-order chi connectivity index (χ0) is 18.9. The first-order chi connectivity index (χ1) is 12.5. The summed E-state index contributed by atoms with van der Waals surface area (Å²) in [5, 5.41) is 13.0. The molecule has 0 bridgehead atoms. The van der Waals surface area contributed by atoms with E-state index in [0.29, 0.717) is 17.9 Å². The summed E-state index contributed by atoms with van der Waals surface area (Å²) in [4.78, 5) is 11.8. The Kier molecular flexibility index (Phi) is 6.94. The first-order valence-corrected chi connectivity index (χ1v) is 7.97. The number of aromatic nitrogens is 1. The molecule has 0 fully saturated rings. The fraction of sp³-hybridized carbons (Fsp3) is 0.316. The van der Waals surface area contributed by atoms with Gasteiger partial charge in [0, 0.05) is 7.11 Å². The Labute approximate surface area is 151 Å². The standard InChI is InChI=1S/C19H20N2O5/c1-13-18(14(2)26-21-13)12-25-17-6-4-15(5-7-17)10-16(11-20)19(22)24-9-8-23-3/h4-7,10H,8-9,12H2,1-3H3/b16-10+. The van der Waals surface area contributed by atoms with Crippen molar-refractivity contribution in [1.82, 2.24) is 5.16 Å². The molecule has 2 rings (SSSR count). The van der Waals surface area contributed by atoms with Gasteiger partial charge in [-0.15, -0.1) is 0 Å². The van der Waals surface area contributed by atoms with Crippen molar-refractivity contribution in [2.75, 3.05) is 20.3 Å². The van der Waals surface area contributed by atoms with Crippen LogP contribution in [0.15, 0.2) is 34.4 Å². The number of hydrogen-bond acceptors (Lipinski definition) is 7. The highest BCUT2D eigenvalue weighted by Gasteiger charge is 2.11. The van der Waals surface area contributed by atoms with E-state index in [-0.39, 0.29) is 18.8 Å². The highest BCUT2D eigenvalue weighted by Crippen LogP contribution is 2.19. The molecule has 1 aromatic heterocycles. The van der Waals surface area contributed by atoms with Gasteiger partial charge in [0.1, 0.15) is 36.4 Å². The lowest BCUT2D eigenvalue weighted by Crippen LogP contribution is -2.11. The second-order valence-corrected chi connectivity index (χ2v) is 5.46. The summed E-state index contributed by atoms with van der Waals surface area (Å²) in [5.41, 5.74) is 2.33. The van der Waals surface area contributed by atoms with Crippen LogP contribution in [-0.2, 0) is 20.9 Å². The summed E-state index contributed by atoms with van der Waals surface area (Å²) >= 11 is 0. The average Bonchev–Trinajstić information content (AvgIpc) is 2.97. The molecule has 0 aliphatic heterocycles. The van der Waals surface area contributed by atoms with Crippen molar-refractivity contribution in [3.05, 3.63) is 52.4 Å². The molecule has 0 amide bonds. The minimum atomic E-state index is -0.678. The maximum absolute atomic E-state index is 11.8. The highest BCUT2D eigenvalue weighted by molar-refractivity contribution is 5.97. The Bertz CT molecular complexity index is 796. The van der Waals surface area contributed by atoms with E-state index in [0.717, 1.165) is 17.0 Å². The van der Waals surface area contributed by atoms with Gasteiger partial charge in [0.15, 0.2) is 0 Å². The lowest BCUT2D eigenvalue weighted by atomic mass is 10.1. The summed E-state index contributed by atoms with van der Waals surface area (Å²) in [6, 6.07) is 8.87. The smallest absolute Gasteiger partial charge is 0.348 e. The Morgan fingerprint density at radius 3 is 2.58 bits per heavy atom. The van der Waals surface area contributed by atoms with Crippen LogP contribution in [0.1, 0.15) is 22.6 Å². The van der Waals surface area contributed by atoms with Crippen LogP contribution >= 0.6 is 0 Å². The maximum atomic E-state index is 11.8. The van der Waals surface area contributed by atoms with Gasteiger partial charge in [-0.25, -0.2) is 4.79 Å². The molecule has 1 aromatic carbocycles. The number of nitrogens with zero attached hydrogens (tertiary/aromatic N) is 2. The molecular formula is C19H20N2O5. The second kappa shape index (κ2) is 9.39. The third-order valence-corrected chi connectivity index (χ3v) is 3.62. The average molecular weight is 356 g/mol. The van der Waals surface area contributed by atoms with Gasteiger partial charge in [-0.2, -0.15) is 5.26 Å². The van der Waals surface area contributed by atoms with E-state index in [4.69, 9.17) is 24.0 Å². The fourth-order valence-corrected chi connectivity index (χ4v) is 2.12. The Morgan fingerprint density at radius 2 is 2.00 bits per heavy atom. The molecule has 0 spiro atoms. The lowest BCUT2D eigenvalue weighted by molar-refractivity contribution is -0.139. The van der Waals surface area contributed by atoms with Crippen molar-refractivity contribution >= 4 is 12.0 Å². The summed E-state index contributed by atoms with van der Waals surface area (Å²) in [5.74, 6) is 0.708. The third kappa shape index (κ3) is 5.19. The zero-order valence-electron chi connectivity index (χ0n) is 14.9. The maximum Gasteiger partial charge on any atom is 0.348 e. The van der Waals surface area contributed by atoms with Crippen molar-refractivity contribution in [2.24, 2.45) is 0 Å². The van der Waals surface area contributed by atoms with Crippen LogP contribution in [-0.4, -0.2) is 31.4 Å². The SMILES string of the molecule is COCCOC(=O)/C(C#N)=C/c1ccc(OCc2c(C)noc2C)cc1. The molecule has 7 heteroatoms.